The van der Waals surface area contributed by atoms with Crippen molar-refractivity contribution in [1.29, 1.82) is 0 Å². The van der Waals surface area contributed by atoms with Crippen LogP contribution < -0.4 is 5.32 Å². The van der Waals surface area contributed by atoms with Gasteiger partial charge in [-0.05, 0) is 47.5 Å². The van der Waals surface area contributed by atoms with Crippen molar-refractivity contribution in [3.8, 4) is 0 Å². The van der Waals surface area contributed by atoms with E-state index in [0.29, 0.717) is 6.42 Å². The van der Waals surface area contributed by atoms with E-state index >= 15 is 0 Å². The molecule has 1 aromatic rings. The van der Waals surface area contributed by atoms with Gasteiger partial charge in [0.15, 0.2) is 0 Å². The first-order chi connectivity index (χ1) is 8.47. The van der Waals surface area contributed by atoms with Gasteiger partial charge in [0.05, 0.1) is 3.79 Å². The molecule has 6 heteroatoms. The van der Waals surface area contributed by atoms with Gasteiger partial charge < -0.3 is 10.4 Å². The second kappa shape index (κ2) is 7.33. The topological polar surface area (TPSA) is 66.4 Å². The molecule has 1 atom stereocenters. The minimum atomic E-state index is -0.852. The predicted molar refractivity (Wildman–Crippen MR) is 75.5 cm³/mol. The summed E-state index contributed by atoms with van der Waals surface area (Å²) >= 11 is 4.88. The molecule has 2 N–H and O–H groups in total. The van der Waals surface area contributed by atoms with Crippen molar-refractivity contribution in [2.45, 2.75) is 25.8 Å². The second-order valence-electron chi connectivity index (χ2n) is 3.82. The Bertz CT molecular complexity index is 456. The number of rotatable bonds is 6. The lowest BCUT2D eigenvalue weighted by Crippen LogP contribution is -2.31. The molecular formula is C12H14BrNO3S. The normalized spacial score (nSPS) is 12.6. The van der Waals surface area contributed by atoms with E-state index in [1.54, 1.807) is 13.0 Å². The van der Waals surface area contributed by atoms with Crippen molar-refractivity contribution < 1.29 is 14.7 Å². The van der Waals surface area contributed by atoms with Crippen molar-refractivity contribution >= 4 is 45.2 Å². The molecule has 0 aliphatic heterocycles. The van der Waals surface area contributed by atoms with Crippen LogP contribution in [0.25, 0.3) is 6.08 Å². The van der Waals surface area contributed by atoms with E-state index in [-0.39, 0.29) is 18.4 Å². The van der Waals surface area contributed by atoms with Crippen molar-refractivity contribution in [1.82, 2.24) is 5.32 Å². The predicted octanol–water partition coefficient (Wildman–Crippen LogP) is 2.89. The van der Waals surface area contributed by atoms with Gasteiger partial charge in [-0.3, -0.25) is 9.59 Å². The van der Waals surface area contributed by atoms with Gasteiger partial charge >= 0.3 is 5.97 Å². The van der Waals surface area contributed by atoms with E-state index < -0.39 is 5.97 Å². The van der Waals surface area contributed by atoms with E-state index in [2.05, 4.69) is 21.2 Å². The number of carbonyl (C=O) groups is 2. The molecule has 0 aliphatic carbocycles. The van der Waals surface area contributed by atoms with Gasteiger partial charge in [-0.15, -0.1) is 11.3 Å². The summed E-state index contributed by atoms with van der Waals surface area (Å²) in [7, 11) is 0. The molecule has 0 aromatic carbocycles. The lowest BCUT2D eigenvalue weighted by molar-refractivity contribution is -0.137. The molecule has 0 spiro atoms. The highest BCUT2D eigenvalue weighted by Crippen LogP contribution is 2.22. The van der Waals surface area contributed by atoms with Gasteiger partial charge in [0.25, 0.3) is 0 Å². The Morgan fingerprint density at radius 3 is 2.83 bits per heavy atom. The lowest BCUT2D eigenvalue weighted by atomic mass is 10.2. The van der Waals surface area contributed by atoms with E-state index in [9.17, 15) is 9.59 Å². The summed E-state index contributed by atoms with van der Waals surface area (Å²) in [5, 5.41) is 11.2. The summed E-state index contributed by atoms with van der Waals surface area (Å²) in [6.07, 6.45) is 3.67. The fraction of sp³-hybridized carbons (Fsp3) is 0.333. The molecule has 1 aromatic heterocycles. The number of carboxylic acid groups (broad SMARTS) is 1. The summed E-state index contributed by atoms with van der Waals surface area (Å²) < 4.78 is 1.01. The van der Waals surface area contributed by atoms with Gasteiger partial charge in [0.2, 0.25) is 5.91 Å². The van der Waals surface area contributed by atoms with Gasteiger partial charge in [-0.2, -0.15) is 0 Å². The first kappa shape index (κ1) is 14.9. The summed E-state index contributed by atoms with van der Waals surface area (Å²) in [5.74, 6) is -1.06. The lowest BCUT2D eigenvalue weighted by Gasteiger charge is -2.10. The molecule has 0 saturated heterocycles. The molecular weight excluding hydrogens is 318 g/mol. The van der Waals surface area contributed by atoms with Gasteiger partial charge in [0.1, 0.15) is 0 Å². The molecule has 4 nitrogen and oxygen atoms in total. The molecule has 0 bridgehead atoms. The Morgan fingerprint density at radius 2 is 2.28 bits per heavy atom. The summed E-state index contributed by atoms with van der Waals surface area (Å²) in [6.45, 7) is 1.79. The first-order valence-electron chi connectivity index (χ1n) is 5.43. The number of hydrogen-bond donors (Lipinski definition) is 2. The van der Waals surface area contributed by atoms with Gasteiger partial charge in [0, 0.05) is 23.4 Å². The largest absolute Gasteiger partial charge is 0.481 e. The Hall–Kier alpha value is -1.14. The Morgan fingerprint density at radius 1 is 1.56 bits per heavy atom. The molecule has 0 aliphatic rings. The summed E-state index contributed by atoms with van der Waals surface area (Å²) in [6, 6.07) is 3.68. The first-order valence-corrected chi connectivity index (χ1v) is 7.04. The summed E-state index contributed by atoms with van der Waals surface area (Å²) in [5.41, 5.74) is 0. The molecule has 1 rings (SSSR count). The zero-order valence-electron chi connectivity index (χ0n) is 9.85. The van der Waals surface area contributed by atoms with Crippen molar-refractivity contribution in [2.24, 2.45) is 0 Å². The van der Waals surface area contributed by atoms with Crippen molar-refractivity contribution in [3.63, 3.8) is 0 Å². The number of halogens is 1. The Labute approximate surface area is 118 Å². The Kier molecular flexibility index (Phi) is 6.07. The van der Waals surface area contributed by atoms with Crippen LogP contribution in [-0.4, -0.2) is 23.0 Å². The number of carboxylic acids is 1. The van der Waals surface area contributed by atoms with E-state index in [0.717, 1.165) is 8.66 Å². The molecule has 98 valence electrons. The van der Waals surface area contributed by atoms with Crippen LogP contribution in [0.15, 0.2) is 22.0 Å². The third-order valence-corrected chi connectivity index (χ3v) is 3.76. The average molecular weight is 332 g/mol. The maximum absolute atomic E-state index is 11.5. The monoisotopic (exact) mass is 331 g/mol. The molecule has 1 amide bonds. The number of aliphatic carboxylic acids is 1. The SMILES string of the molecule is CC(CCC(=O)O)NC(=O)C=Cc1ccc(Br)s1. The smallest absolute Gasteiger partial charge is 0.303 e. The molecule has 0 radical (unpaired) electrons. The minimum absolute atomic E-state index is 0.0586. The quantitative estimate of drug-likeness (QED) is 0.787. The Balaban J connectivity index is 2.37. The highest BCUT2D eigenvalue weighted by atomic mass is 79.9. The zero-order chi connectivity index (χ0) is 13.5. The van der Waals surface area contributed by atoms with Gasteiger partial charge in [-0.25, -0.2) is 0 Å². The van der Waals surface area contributed by atoms with Crippen molar-refractivity contribution in [2.75, 3.05) is 0 Å². The van der Waals surface area contributed by atoms with Crippen LogP contribution in [0.5, 0.6) is 0 Å². The molecule has 0 fully saturated rings. The highest BCUT2D eigenvalue weighted by Gasteiger charge is 2.07. The second-order valence-corrected chi connectivity index (χ2v) is 6.31. The van der Waals surface area contributed by atoms with Crippen LogP contribution in [0.4, 0.5) is 0 Å². The number of amides is 1. The average Bonchev–Trinajstić information content (AvgIpc) is 2.70. The van der Waals surface area contributed by atoms with Gasteiger partial charge in [-0.1, -0.05) is 0 Å². The minimum Gasteiger partial charge on any atom is -0.481 e. The van der Waals surface area contributed by atoms with E-state index in [1.165, 1.54) is 17.4 Å². The standard InChI is InChI=1S/C12H14BrNO3S/c1-8(2-7-12(16)17)14-11(15)6-4-9-3-5-10(13)18-9/h3-6,8H,2,7H2,1H3,(H,14,15)(H,16,17). The molecule has 1 heterocycles. The van der Waals surface area contributed by atoms with Crippen LogP contribution in [-0.2, 0) is 9.59 Å². The van der Waals surface area contributed by atoms with E-state index in [4.69, 9.17) is 5.11 Å². The maximum atomic E-state index is 11.5. The third-order valence-electron chi connectivity index (χ3n) is 2.17. The molecule has 18 heavy (non-hydrogen) atoms. The molecule has 1 unspecified atom stereocenters. The highest BCUT2D eigenvalue weighted by molar-refractivity contribution is 9.11. The van der Waals surface area contributed by atoms with Crippen LogP contribution in [0.3, 0.4) is 0 Å². The van der Waals surface area contributed by atoms with Crippen LogP contribution in [0.2, 0.25) is 0 Å². The van der Waals surface area contributed by atoms with Crippen LogP contribution in [0.1, 0.15) is 24.6 Å². The van der Waals surface area contributed by atoms with Crippen LogP contribution in [0, 0.1) is 0 Å². The zero-order valence-corrected chi connectivity index (χ0v) is 12.3. The summed E-state index contributed by atoms with van der Waals surface area (Å²) in [4.78, 5) is 22.9. The maximum Gasteiger partial charge on any atom is 0.303 e. The molecule has 0 saturated carbocycles. The fourth-order valence-electron chi connectivity index (χ4n) is 1.28. The number of nitrogens with one attached hydrogen (secondary N) is 1. The van der Waals surface area contributed by atoms with Crippen LogP contribution >= 0.6 is 27.3 Å². The third kappa shape index (κ3) is 5.97. The number of hydrogen-bond acceptors (Lipinski definition) is 3. The van der Waals surface area contributed by atoms with E-state index in [1.807, 2.05) is 12.1 Å². The number of thiophene rings is 1. The fourth-order valence-corrected chi connectivity index (χ4v) is 2.61. The number of carbonyl (C=O) groups excluding carboxylic acids is 1. The van der Waals surface area contributed by atoms with Crippen molar-refractivity contribution in [3.05, 3.63) is 26.9 Å².